The highest BCUT2D eigenvalue weighted by Gasteiger charge is 2.14. The van der Waals surface area contributed by atoms with Gasteiger partial charge in [-0.25, -0.2) is 4.68 Å². The summed E-state index contributed by atoms with van der Waals surface area (Å²) in [5.74, 6) is 0. The van der Waals surface area contributed by atoms with Gasteiger partial charge in [0.25, 0.3) is 0 Å². The molecule has 19 heavy (non-hydrogen) atoms. The molecule has 0 radical (unpaired) electrons. The summed E-state index contributed by atoms with van der Waals surface area (Å²) in [6, 6.07) is 6.89. The maximum atomic E-state index is 3.93. The van der Waals surface area contributed by atoms with Gasteiger partial charge in [0.05, 0.1) is 5.69 Å². The Bertz CT molecular complexity index is 529. The number of anilines is 1. The Morgan fingerprint density at radius 3 is 2.79 bits per heavy atom. The van der Waals surface area contributed by atoms with Crippen molar-refractivity contribution in [2.24, 2.45) is 0 Å². The van der Waals surface area contributed by atoms with Crippen LogP contribution in [0.15, 0.2) is 24.5 Å². The number of tetrazole rings is 1. The van der Waals surface area contributed by atoms with Crippen LogP contribution in [0.5, 0.6) is 0 Å². The van der Waals surface area contributed by atoms with Crippen molar-refractivity contribution in [3.8, 4) is 5.69 Å². The lowest BCUT2D eigenvalue weighted by atomic mass is 9.95. The Hall–Kier alpha value is -1.91. The number of rotatable bonds is 3. The van der Waals surface area contributed by atoms with Gasteiger partial charge in [0.1, 0.15) is 6.33 Å². The first kappa shape index (κ1) is 12.1. The summed E-state index contributed by atoms with van der Waals surface area (Å²) in [5.41, 5.74) is 3.45. The second-order valence-electron chi connectivity index (χ2n) is 5.23. The zero-order valence-electron chi connectivity index (χ0n) is 11.2. The molecule has 0 bridgehead atoms. The van der Waals surface area contributed by atoms with E-state index in [-0.39, 0.29) is 0 Å². The van der Waals surface area contributed by atoms with Crippen molar-refractivity contribution >= 4 is 5.69 Å². The fourth-order valence-electron chi connectivity index (χ4n) is 2.65. The molecular weight excluding hydrogens is 238 g/mol. The van der Waals surface area contributed by atoms with Crippen LogP contribution in [0.4, 0.5) is 5.69 Å². The largest absolute Gasteiger partial charge is 0.382 e. The van der Waals surface area contributed by atoms with Gasteiger partial charge in [0.15, 0.2) is 0 Å². The van der Waals surface area contributed by atoms with E-state index in [1.54, 1.807) is 11.0 Å². The van der Waals surface area contributed by atoms with Gasteiger partial charge in [-0.15, -0.1) is 5.10 Å². The van der Waals surface area contributed by atoms with Crippen molar-refractivity contribution < 1.29 is 0 Å². The maximum absolute atomic E-state index is 3.93. The summed E-state index contributed by atoms with van der Waals surface area (Å²) in [4.78, 5) is 0. The summed E-state index contributed by atoms with van der Waals surface area (Å²) < 4.78 is 1.69. The third-order valence-electron chi connectivity index (χ3n) is 3.80. The van der Waals surface area contributed by atoms with Gasteiger partial charge in [-0.2, -0.15) is 0 Å². The lowest BCUT2D eigenvalue weighted by molar-refractivity contribution is 0.462. The van der Waals surface area contributed by atoms with Crippen molar-refractivity contribution in [2.45, 2.75) is 45.1 Å². The van der Waals surface area contributed by atoms with Crippen LogP contribution in [0.3, 0.4) is 0 Å². The number of hydrogen-bond acceptors (Lipinski definition) is 4. The van der Waals surface area contributed by atoms with Crippen LogP contribution in [-0.4, -0.2) is 26.2 Å². The van der Waals surface area contributed by atoms with E-state index in [0.717, 1.165) is 5.69 Å². The summed E-state index contributed by atoms with van der Waals surface area (Å²) in [7, 11) is 0. The first-order valence-electron chi connectivity index (χ1n) is 6.93. The molecule has 5 heteroatoms. The minimum absolute atomic E-state index is 0.608. The molecule has 5 nitrogen and oxygen atoms in total. The smallest absolute Gasteiger partial charge is 0.143 e. The van der Waals surface area contributed by atoms with E-state index in [9.17, 15) is 0 Å². The van der Waals surface area contributed by atoms with Crippen molar-refractivity contribution in [1.29, 1.82) is 0 Å². The first-order valence-corrected chi connectivity index (χ1v) is 6.93. The van der Waals surface area contributed by atoms with E-state index in [2.05, 4.69) is 39.9 Å². The van der Waals surface area contributed by atoms with E-state index < -0.39 is 0 Å². The highest BCUT2D eigenvalue weighted by Crippen LogP contribution is 2.25. The first-order chi connectivity index (χ1) is 9.33. The van der Waals surface area contributed by atoms with Crippen LogP contribution in [0, 0.1) is 6.92 Å². The van der Waals surface area contributed by atoms with Gasteiger partial charge in [-0.3, -0.25) is 0 Å². The summed E-state index contributed by atoms with van der Waals surface area (Å²) in [5, 5.41) is 15.0. The molecule has 0 aliphatic heterocycles. The van der Waals surface area contributed by atoms with Gasteiger partial charge in [0, 0.05) is 11.7 Å². The predicted octanol–water partition coefficient (Wildman–Crippen LogP) is 2.72. The van der Waals surface area contributed by atoms with E-state index in [0.29, 0.717) is 6.04 Å². The number of benzene rings is 1. The molecule has 0 saturated heterocycles. The van der Waals surface area contributed by atoms with Crippen molar-refractivity contribution in [1.82, 2.24) is 20.2 Å². The average Bonchev–Trinajstić information content (AvgIpc) is 2.96. The molecule has 1 aliphatic rings. The Balaban J connectivity index is 1.81. The average molecular weight is 257 g/mol. The number of hydrogen-bond donors (Lipinski definition) is 1. The van der Waals surface area contributed by atoms with E-state index in [1.807, 2.05) is 6.07 Å². The molecule has 0 spiro atoms. The molecular formula is C14H19N5. The Kier molecular flexibility index (Phi) is 3.44. The summed E-state index contributed by atoms with van der Waals surface area (Å²) >= 11 is 0. The predicted molar refractivity (Wildman–Crippen MR) is 74.4 cm³/mol. The second-order valence-corrected chi connectivity index (χ2v) is 5.23. The lowest BCUT2D eigenvalue weighted by Crippen LogP contribution is -2.22. The molecule has 1 N–H and O–H groups in total. The number of nitrogens with one attached hydrogen (secondary N) is 1. The maximum Gasteiger partial charge on any atom is 0.143 e. The molecule has 0 atom stereocenters. The molecule has 1 aliphatic carbocycles. The third kappa shape index (κ3) is 2.75. The van der Waals surface area contributed by atoms with E-state index >= 15 is 0 Å². The zero-order chi connectivity index (χ0) is 13.1. The zero-order valence-corrected chi connectivity index (χ0v) is 11.2. The number of nitrogens with zero attached hydrogens (tertiary/aromatic N) is 4. The van der Waals surface area contributed by atoms with E-state index in [4.69, 9.17) is 0 Å². The third-order valence-corrected chi connectivity index (χ3v) is 3.80. The topological polar surface area (TPSA) is 55.6 Å². The van der Waals surface area contributed by atoms with Crippen LogP contribution < -0.4 is 5.32 Å². The molecule has 100 valence electrons. The molecule has 1 aromatic carbocycles. The van der Waals surface area contributed by atoms with Crippen LogP contribution in [-0.2, 0) is 0 Å². The van der Waals surface area contributed by atoms with Crippen LogP contribution >= 0.6 is 0 Å². The van der Waals surface area contributed by atoms with Crippen LogP contribution in [0.25, 0.3) is 5.69 Å². The molecule has 3 rings (SSSR count). The van der Waals surface area contributed by atoms with Crippen LogP contribution in [0.1, 0.15) is 37.7 Å². The number of aromatic nitrogens is 4. The van der Waals surface area contributed by atoms with Gasteiger partial charge in [0.2, 0.25) is 0 Å². The summed E-state index contributed by atoms with van der Waals surface area (Å²) in [6.07, 6.45) is 8.22. The van der Waals surface area contributed by atoms with Gasteiger partial charge in [-0.05, 0) is 47.9 Å². The fraction of sp³-hybridized carbons (Fsp3) is 0.500. The SMILES string of the molecule is Cc1ccc(-n2cnnn2)cc1NC1CCCCC1. The Morgan fingerprint density at radius 2 is 2.05 bits per heavy atom. The van der Waals surface area contributed by atoms with Gasteiger partial charge < -0.3 is 5.32 Å². The quantitative estimate of drug-likeness (QED) is 0.918. The van der Waals surface area contributed by atoms with Crippen molar-refractivity contribution in [3.63, 3.8) is 0 Å². The molecule has 1 heterocycles. The Morgan fingerprint density at radius 1 is 1.21 bits per heavy atom. The van der Waals surface area contributed by atoms with Crippen molar-refractivity contribution in [2.75, 3.05) is 5.32 Å². The minimum Gasteiger partial charge on any atom is -0.382 e. The molecule has 1 aromatic heterocycles. The lowest BCUT2D eigenvalue weighted by Gasteiger charge is -2.25. The van der Waals surface area contributed by atoms with Crippen molar-refractivity contribution in [3.05, 3.63) is 30.1 Å². The highest BCUT2D eigenvalue weighted by atomic mass is 15.5. The Labute approximate surface area is 113 Å². The molecule has 0 unspecified atom stereocenters. The van der Waals surface area contributed by atoms with Gasteiger partial charge in [-0.1, -0.05) is 25.3 Å². The summed E-state index contributed by atoms with van der Waals surface area (Å²) in [6.45, 7) is 2.13. The second kappa shape index (κ2) is 5.38. The molecule has 1 saturated carbocycles. The van der Waals surface area contributed by atoms with Crippen LogP contribution in [0.2, 0.25) is 0 Å². The molecule has 0 amide bonds. The normalized spacial score (nSPS) is 16.5. The standard InChI is InChI=1S/C14H19N5/c1-11-7-8-13(19-10-15-17-18-19)9-14(11)16-12-5-3-2-4-6-12/h7-10,12,16H,2-6H2,1H3. The highest BCUT2D eigenvalue weighted by molar-refractivity contribution is 5.57. The minimum atomic E-state index is 0.608. The molecule has 1 fully saturated rings. The molecule has 2 aromatic rings. The fourth-order valence-corrected chi connectivity index (χ4v) is 2.65. The van der Waals surface area contributed by atoms with E-state index in [1.165, 1.54) is 43.4 Å². The monoisotopic (exact) mass is 257 g/mol. The number of aryl methyl sites for hydroxylation is 1. The van der Waals surface area contributed by atoms with Gasteiger partial charge >= 0.3 is 0 Å².